The molecule has 112 valence electrons. The van der Waals surface area contributed by atoms with Crippen molar-refractivity contribution in [2.24, 2.45) is 0 Å². The number of halogens is 1. The zero-order chi connectivity index (χ0) is 14.8. The van der Waals surface area contributed by atoms with E-state index in [-0.39, 0.29) is 6.10 Å². The second kappa shape index (κ2) is 6.46. The van der Waals surface area contributed by atoms with E-state index in [0.717, 1.165) is 40.3 Å². The van der Waals surface area contributed by atoms with E-state index < -0.39 is 0 Å². The first kappa shape index (κ1) is 15.0. The van der Waals surface area contributed by atoms with Gasteiger partial charge in [0.25, 0.3) is 0 Å². The number of aryl methyl sites for hydroxylation is 1. The molecule has 3 rings (SSSR count). The number of nitrogens with zero attached hydrogens (tertiary/aromatic N) is 1. The number of rotatable bonds is 4. The van der Waals surface area contributed by atoms with E-state index >= 15 is 0 Å². The van der Waals surface area contributed by atoms with E-state index in [0.29, 0.717) is 6.04 Å². The SMILES string of the molecule is CCCNC1CC(c2nc(C)cs2)Oc2ccc(Br)cc21. The predicted molar refractivity (Wildman–Crippen MR) is 90.0 cm³/mol. The standard InChI is InChI=1S/C16H19BrN2OS/c1-3-6-18-13-8-15(16-19-10(2)9-21-16)20-14-5-4-11(17)7-12(13)14/h4-5,7,9,13,15,18H,3,6,8H2,1-2H3. The van der Waals surface area contributed by atoms with Crippen molar-refractivity contribution < 1.29 is 4.74 Å². The van der Waals surface area contributed by atoms with Crippen molar-refractivity contribution in [1.29, 1.82) is 0 Å². The molecule has 0 amide bonds. The Bertz CT molecular complexity index is 628. The van der Waals surface area contributed by atoms with Crippen LogP contribution in [0.15, 0.2) is 28.1 Å². The molecule has 2 unspecified atom stereocenters. The van der Waals surface area contributed by atoms with Gasteiger partial charge in [-0.1, -0.05) is 22.9 Å². The summed E-state index contributed by atoms with van der Waals surface area (Å²) in [5, 5.41) is 6.80. The highest BCUT2D eigenvalue weighted by Crippen LogP contribution is 2.42. The third-order valence-electron chi connectivity index (χ3n) is 3.62. The number of hydrogen-bond acceptors (Lipinski definition) is 4. The molecule has 0 saturated heterocycles. The molecule has 0 spiro atoms. The second-order valence-electron chi connectivity index (χ2n) is 5.36. The first-order chi connectivity index (χ1) is 10.2. The minimum Gasteiger partial charge on any atom is -0.483 e. The fourth-order valence-electron chi connectivity index (χ4n) is 2.62. The van der Waals surface area contributed by atoms with Crippen molar-refractivity contribution in [3.63, 3.8) is 0 Å². The summed E-state index contributed by atoms with van der Waals surface area (Å²) in [5.41, 5.74) is 2.31. The van der Waals surface area contributed by atoms with E-state index in [9.17, 15) is 0 Å². The summed E-state index contributed by atoms with van der Waals surface area (Å²) in [6.07, 6.45) is 2.10. The van der Waals surface area contributed by atoms with Crippen molar-refractivity contribution >= 4 is 27.3 Å². The molecule has 1 aliphatic heterocycles. The van der Waals surface area contributed by atoms with Gasteiger partial charge in [-0.15, -0.1) is 11.3 Å². The highest BCUT2D eigenvalue weighted by molar-refractivity contribution is 9.10. The molecule has 2 atom stereocenters. The summed E-state index contributed by atoms with van der Waals surface area (Å²) in [7, 11) is 0. The van der Waals surface area contributed by atoms with Gasteiger partial charge in [-0.2, -0.15) is 0 Å². The molecule has 2 heterocycles. The van der Waals surface area contributed by atoms with Crippen LogP contribution in [0.3, 0.4) is 0 Å². The Kier molecular flexibility index (Phi) is 4.62. The van der Waals surface area contributed by atoms with E-state index in [1.54, 1.807) is 11.3 Å². The molecule has 1 aromatic heterocycles. The number of thiazole rings is 1. The molecule has 3 nitrogen and oxygen atoms in total. The molecule has 1 N–H and O–H groups in total. The molecule has 2 aromatic rings. The minimum absolute atomic E-state index is 0.0479. The van der Waals surface area contributed by atoms with Crippen LogP contribution in [0.4, 0.5) is 0 Å². The molecular formula is C16H19BrN2OS. The Morgan fingerprint density at radius 2 is 2.33 bits per heavy atom. The average Bonchev–Trinajstić information content (AvgIpc) is 2.91. The van der Waals surface area contributed by atoms with E-state index in [4.69, 9.17) is 4.74 Å². The van der Waals surface area contributed by atoms with Crippen molar-refractivity contribution in [1.82, 2.24) is 10.3 Å². The van der Waals surface area contributed by atoms with Crippen LogP contribution in [0, 0.1) is 6.92 Å². The monoisotopic (exact) mass is 366 g/mol. The fraction of sp³-hybridized carbons (Fsp3) is 0.438. The van der Waals surface area contributed by atoms with Crippen molar-refractivity contribution in [3.8, 4) is 5.75 Å². The zero-order valence-electron chi connectivity index (χ0n) is 12.2. The second-order valence-corrected chi connectivity index (χ2v) is 7.16. The van der Waals surface area contributed by atoms with Gasteiger partial charge in [-0.05, 0) is 38.1 Å². The smallest absolute Gasteiger partial charge is 0.152 e. The van der Waals surface area contributed by atoms with Crippen LogP contribution >= 0.6 is 27.3 Å². The van der Waals surface area contributed by atoms with Crippen LogP contribution in [0.2, 0.25) is 0 Å². The van der Waals surface area contributed by atoms with Gasteiger partial charge in [0.2, 0.25) is 0 Å². The van der Waals surface area contributed by atoms with Crippen LogP contribution in [0.5, 0.6) is 5.75 Å². The Balaban J connectivity index is 1.90. The summed E-state index contributed by atoms with van der Waals surface area (Å²) in [5.74, 6) is 0.968. The molecule has 0 saturated carbocycles. The van der Waals surface area contributed by atoms with Crippen LogP contribution in [0.1, 0.15) is 48.2 Å². The predicted octanol–water partition coefficient (Wildman–Crippen LogP) is 4.78. The largest absolute Gasteiger partial charge is 0.483 e. The van der Waals surface area contributed by atoms with Gasteiger partial charge < -0.3 is 10.1 Å². The van der Waals surface area contributed by atoms with E-state index in [2.05, 4.69) is 44.6 Å². The van der Waals surface area contributed by atoms with Crippen LogP contribution in [-0.2, 0) is 0 Å². The Hall–Kier alpha value is -0.910. The molecule has 0 bridgehead atoms. The van der Waals surface area contributed by atoms with Crippen LogP contribution in [0.25, 0.3) is 0 Å². The van der Waals surface area contributed by atoms with Crippen LogP contribution in [-0.4, -0.2) is 11.5 Å². The normalized spacial score (nSPS) is 20.9. The van der Waals surface area contributed by atoms with Gasteiger partial charge in [0, 0.05) is 33.6 Å². The third-order valence-corrected chi connectivity index (χ3v) is 5.17. The Labute approximate surface area is 137 Å². The van der Waals surface area contributed by atoms with Crippen molar-refractivity contribution in [2.75, 3.05) is 6.54 Å². The van der Waals surface area contributed by atoms with Gasteiger partial charge in [0.15, 0.2) is 6.10 Å². The lowest BCUT2D eigenvalue weighted by Gasteiger charge is -2.32. The number of fused-ring (bicyclic) bond motifs is 1. The lowest BCUT2D eigenvalue weighted by molar-refractivity contribution is 0.151. The van der Waals surface area contributed by atoms with Crippen molar-refractivity contribution in [2.45, 2.75) is 38.8 Å². The number of ether oxygens (including phenoxy) is 1. The number of hydrogen-bond donors (Lipinski definition) is 1. The molecule has 0 fully saturated rings. The molecule has 0 aliphatic carbocycles. The van der Waals surface area contributed by atoms with Gasteiger partial charge in [-0.25, -0.2) is 4.98 Å². The first-order valence-corrected chi connectivity index (χ1v) is 8.96. The quantitative estimate of drug-likeness (QED) is 0.845. The summed E-state index contributed by atoms with van der Waals surface area (Å²) < 4.78 is 7.28. The summed E-state index contributed by atoms with van der Waals surface area (Å²) in [6, 6.07) is 6.56. The topological polar surface area (TPSA) is 34.2 Å². The molecule has 5 heteroatoms. The highest BCUT2D eigenvalue weighted by atomic mass is 79.9. The lowest BCUT2D eigenvalue weighted by Crippen LogP contribution is -2.29. The first-order valence-electron chi connectivity index (χ1n) is 7.29. The molecule has 21 heavy (non-hydrogen) atoms. The fourth-order valence-corrected chi connectivity index (χ4v) is 3.84. The van der Waals surface area contributed by atoms with Crippen molar-refractivity contribution in [3.05, 3.63) is 44.3 Å². The maximum absolute atomic E-state index is 6.18. The van der Waals surface area contributed by atoms with Crippen LogP contribution < -0.4 is 10.1 Å². The number of benzene rings is 1. The maximum atomic E-state index is 6.18. The lowest BCUT2D eigenvalue weighted by atomic mass is 9.96. The molecule has 1 aliphatic rings. The summed E-state index contributed by atoms with van der Waals surface area (Å²) in [4.78, 5) is 4.60. The number of nitrogens with one attached hydrogen (secondary N) is 1. The maximum Gasteiger partial charge on any atom is 0.152 e. The van der Waals surface area contributed by atoms with Gasteiger partial charge in [-0.3, -0.25) is 0 Å². The molecule has 1 aromatic carbocycles. The zero-order valence-corrected chi connectivity index (χ0v) is 14.6. The van der Waals surface area contributed by atoms with Gasteiger partial charge >= 0.3 is 0 Å². The van der Waals surface area contributed by atoms with E-state index in [1.165, 1.54) is 5.56 Å². The number of aromatic nitrogens is 1. The van der Waals surface area contributed by atoms with Gasteiger partial charge in [0.1, 0.15) is 10.8 Å². The molecular weight excluding hydrogens is 348 g/mol. The average molecular weight is 367 g/mol. The minimum atomic E-state index is 0.0479. The highest BCUT2D eigenvalue weighted by Gasteiger charge is 2.30. The Morgan fingerprint density at radius 3 is 3.05 bits per heavy atom. The van der Waals surface area contributed by atoms with E-state index in [1.807, 2.05) is 19.1 Å². The Morgan fingerprint density at radius 1 is 1.48 bits per heavy atom. The summed E-state index contributed by atoms with van der Waals surface area (Å²) >= 11 is 5.24. The molecule has 0 radical (unpaired) electrons. The summed E-state index contributed by atoms with van der Waals surface area (Å²) in [6.45, 7) is 5.23. The van der Waals surface area contributed by atoms with Gasteiger partial charge in [0.05, 0.1) is 0 Å². The third kappa shape index (κ3) is 3.30.